The van der Waals surface area contributed by atoms with Gasteiger partial charge in [0.05, 0.1) is 4.90 Å². The van der Waals surface area contributed by atoms with Gasteiger partial charge in [0.15, 0.2) is 15.6 Å². The average Bonchev–Trinajstić information content (AvgIpc) is 2.82. The highest BCUT2D eigenvalue weighted by molar-refractivity contribution is 7.90. The van der Waals surface area contributed by atoms with Crippen LogP contribution in [0.25, 0.3) is 0 Å². The number of sulfone groups is 1. The highest BCUT2D eigenvalue weighted by Crippen LogP contribution is 2.25. The van der Waals surface area contributed by atoms with Gasteiger partial charge in [-0.1, -0.05) is 0 Å². The van der Waals surface area contributed by atoms with Gasteiger partial charge in [-0.15, -0.1) is 0 Å². The molecule has 1 amide bonds. The molecule has 0 radical (unpaired) electrons. The Balaban J connectivity index is 2.55. The molecular weight excluding hydrogens is 320 g/mol. The topological polar surface area (TPSA) is 111 Å². The molecule has 0 unspecified atom stereocenters. The largest absolute Gasteiger partial charge is 0.294 e. The molecule has 0 fully saturated rings. The molecule has 0 saturated heterocycles. The number of nitrogens with one attached hydrogen (secondary N) is 1. The van der Waals surface area contributed by atoms with E-state index in [1.54, 1.807) is 7.05 Å². The second kappa shape index (κ2) is 5.92. The smallest absolute Gasteiger partial charge is 0.258 e. The molecule has 1 aromatic heterocycles. The predicted octanol–water partition coefficient (Wildman–Crippen LogP) is 0.982. The molecule has 8 nitrogen and oxygen atoms in total. The van der Waals surface area contributed by atoms with Gasteiger partial charge in [0.2, 0.25) is 5.95 Å². The van der Waals surface area contributed by atoms with Crippen LogP contribution < -0.4 is 5.32 Å². The first-order valence-corrected chi connectivity index (χ1v) is 8.52. The highest BCUT2D eigenvalue weighted by Gasteiger charge is 2.24. The van der Waals surface area contributed by atoms with E-state index in [0.29, 0.717) is 0 Å². The third kappa shape index (κ3) is 3.29. The van der Waals surface area contributed by atoms with E-state index in [2.05, 4.69) is 15.4 Å². The molecular formula is C14H16N4O4S. The number of anilines is 1. The number of benzene rings is 1. The maximum absolute atomic E-state index is 12.4. The van der Waals surface area contributed by atoms with Gasteiger partial charge in [-0.25, -0.2) is 13.1 Å². The maximum atomic E-state index is 12.4. The second-order valence-electron chi connectivity index (χ2n) is 5.10. The monoisotopic (exact) mass is 336 g/mol. The minimum Gasteiger partial charge on any atom is -0.294 e. The Hall–Kier alpha value is -2.55. The van der Waals surface area contributed by atoms with Crippen LogP contribution in [0.4, 0.5) is 5.95 Å². The van der Waals surface area contributed by atoms with Crippen molar-refractivity contribution in [2.24, 2.45) is 7.05 Å². The molecule has 1 aromatic carbocycles. The zero-order valence-corrected chi connectivity index (χ0v) is 13.9. The van der Waals surface area contributed by atoms with Crippen molar-refractivity contribution >= 4 is 27.5 Å². The van der Waals surface area contributed by atoms with Crippen molar-refractivity contribution < 1.29 is 18.0 Å². The lowest BCUT2D eigenvalue weighted by Crippen LogP contribution is -2.19. The minimum absolute atomic E-state index is 0.0696. The van der Waals surface area contributed by atoms with Crippen molar-refractivity contribution in [3.8, 4) is 0 Å². The number of hydrogen-bond acceptors (Lipinski definition) is 6. The number of Topliss-reactive ketones (excluding diaryl/α,β-unsaturated/α-hetero) is 1. The minimum atomic E-state index is -3.67. The van der Waals surface area contributed by atoms with Crippen LogP contribution in [0.1, 0.15) is 33.2 Å². The Morgan fingerprint density at radius 3 is 2.30 bits per heavy atom. The zero-order chi connectivity index (χ0) is 17.4. The fourth-order valence-electron chi connectivity index (χ4n) is 2.27. The molecule has 0 spiro atoms. The van der Waals surface area contributed by atoms with Crippen LogP contribution in [-0.4, -0.2) is 41.1 Å². The van der Waals surface area contributed by atoms with Crippen LogP contribution in [0, 0.1) is 6.92 Å². The summed E-state index contributed by atoms with van der Waals surface area (Å²) in [6.07, 6.45) is 2.29. The lowest BCUT2D eigenvalue weighted by molar-refractivity contribution is 0.100. The van der Waals surface area contributed by atoms with Gasteiger partial charge < -0.3 is 0 Å². The predicted molar refractivity (Wildman–Crippen MR) is 83.2 cm³/mol. The molecule has 122 valence electrons. The maximum Gasteiger partial charge on any atom is 0.258 e. The number of nitrogens with zero attached hydrogens (tertiary/aromatic N) is 3. The van der Waals surface area contributed by atoms with Crippen LogP contribution in [0.3, 0.4) is 0 Å². The second-order valence-corrected chi connectivity index (χ2v) is 7.06. The molecule has 0 atom stereocenters. The zero-order valence-electron chi connectivity index (χ0n) is 13.1. The van der Waals surface area contributed by atoms with E-state index in [-0.39, 0.29) is 33.3 Å². The van der Waals surface area contributed by atoms with Crippen LogP contribution in [0.5, 0.6) is 0 Å². The highest BCUT2D eigenvalue weighted by atomic mass is 32.2. The first-order valence-electron chi connectivity index (χ1n) is 6.63. The summed E-state index contributed by atoms with van der Waals surface area (Å²) in [5.41, 5.74) is 0.443. The number of rotatable bonds is 4. The van der Waals surface area contributed by atoms with Crippen LogP contribution >= 0.6 is 0 Å². The van der Waals surface area contributed by atoms with Gasteiger partial charge in [-0.2, -0.15) is 10.1 Å². The molecule has 2 rings (SSSR count). The molecule has 0 aliphatic carbocycles. The standard InChI is InChI=1S/C14H16N4O4S/c1-8-10(13(20)17-14-15-7-16-18(14)3)5-6-11(9(2)19)12(8)23(4,21)22/h5-7H,1-4H3,(H,15,16,17,20). The van der Waals surface area contributed by atoms with E-state index in [1.807, 2.05) is 0 Å². The van der Waals surface area contributed by atoms with Gasteiger partial charge in [0, 0.05) is 24.4 Å². The Labute approximate surface area is 133 Å². The molecule has 9 heteroatoms. The van der Waals surface area contributed by atoms with Crippen LogP contribution in [0.15, 0.2) is 23.4 Å². The van der Waals surface area contributed by atoms with Gasteiger partial charge in [-0.3, -0.25) is 14.9 Å². The Morgan fingerprint density at radius 1 is 1.22 bits per heavy atom. The quantitative estimate of drug-likeness (QED) is 0.833. The SMILES string of the molecule is CC(=O)c1ccc(C(=O)Nc2ncnn2C)c(C)c1S(C)(=O)=O. The Kier molecular flexibility index (Phi) is 4.33. The van der Waals surface area contributed by atoms with E-state index < -0.39 is 15.7 Å². The average molecular weight is 336 g/mol. The summed E-state index contributed by atoms with van der Waals surface area (Å²) in [6, 6.07) is 2.77. The number of hydrogen-bond donors (Lipinski definition) is 1. The van der Waals surface area contributed by atoms with E-state index in [4.69, 9.17) is 0 Å². The number of ketones is 1. The molecule has 1 N–H and O–H groups in total. The van der Waals surface area contributed by atoms with Crippen molar-refractivity contribution in [3.63, 3.8) is 0 Å². The Morgan fingerprint density at radius 2 is 1.83 bits per heavy atom. The van der Waals surface area contributed by atoms with Crippen molar-refractivity contribution in [1.82, 2.24) is 14.8 Å². The van der Waals surface area contributed by atoms with E-state index in [1.165, 1.54) is 37.0 Å². The summed E-state index contributed by atoms with van der Waals surface area (Å²) < 4.78 is 25.4. The van der Waals surface area contributed by atoms with Gasteiger partial charge >= 0.3 is 0 Å². The first kappa shape index (κ1) is 16.8. The summed E-state index contributed by atoms with van der Waals surface area (Å²) in [4.78, 5) is 27.8. The third-order valence-corrected chi connectivity index (χ3v) is 4.61. The normalized spacial score (nSPS) is 11.3. The fraction of sp³-hybridized carbons (Fsp3) is 0.286. The van der Waals surface area contributed by atoms with Crippen molar-refractivity contribution in [1.29, 1.82) is 0 Å². The molecule has 2 aromatic rings. The Bertz CT molecular complexity index is 899. The van der Waals surface area contributed by atoms with Gasteiger partial charge in [-0.05, 0) is 31.5 Å². The van der Waals surface area contributed by atoms with Crippen LogP contribution in [-0.2, 0) is 16.9 Å². The summed E-state index contributed by atoms with van der Waals surface area (Å²) >= 11 is 0. The molecule has 0 saturated carbocycles. The number of carbonyl (C=O) groups excluding carboxylic acids is 2. The summed E-state index contributed by atoms with van der Waals surface area (Å²) in [5, 5.41) is 6.38. The van der Waals surface area contributed by atoms with Crippen molar-refractivity contribution in [3.05, 3.63) is 35.2 Å². The molecule has 0 aliphatic heterocycles. The van der Waals surface area contributed by atoms with Crippen molar-refractivity contribution in [2.45, 2.75) is 18.7 Å². The molecule has 23 heavy (non-hydrogen) atoms. The number of carbonyl (C=O) groups is 2. The number of aryl methyl sites for hydroxylation is 1. The van der Waals surface area contributed by atoms with Gasteiger partial charge in [0.25, 0.3) is 5.91 Å². The number of aromatic nitrogens is 3. The lowest BCUT2D eigenvalue weighted by atomic mass is 10.0. The van der Waals surface area contributed by atoms with Gasteiger partial charge in [0.1, 0.15) is 6.33 Å². The van der Waals surface area contributed by atoms with E-state index >= 15 is 0 Å². The molecule has 1 heterocycles. The molecule has 0 bridgehead atoms. The van der Waals surface area contributed by atoms with Crippen LogP contribution in [0.2, 0.25) is 0 Å². The van der Waals surface area contributed by atoms with E-state index in [0.717, 1.165) is 6.26 Å². The first-order chi connectivity index (χ1) is 10.6. The summed E-state index contributed by atoms with van der Waals surface area (Å²) in [7, 11) is -2.06. The number of amides is 1. The summed E-state index contributed by atoms with van der Waals surface area (Å²) in [6.45, 7) is 2.77. The van der Waals surface area contributed by atoms with Crippen molar-refractivity contribution in [2.75, 3.05) is 11.6 Å². The third-order valence-electron chi connectivity index (χ3n) is 3.34. The summed E-state index contributed by atoms with van der Waals surface area (Å²) in [5.74, 6) is -0.682. The fourth-order valence-corrected chi connectivity index (χ4v) is 3.55. The lowest BCUT2D eigenvalue weighted by Gasteiger charge is -2.13. The molecule has 0 aliphatic rings. The van der Waals surface area contributed by atoms with E-state index in [9.17, 15) is 18.0 Å².